The van der Waals surface area contributed by atoms with Crippen LogP contribution in [0.1, 0.15) is 34.0 Å². The van der Waals surface area contributed by atoms with Crippen molar-refractivity contribution in [1.82, 2.24) is 0 Å². The number of halogens is 2. The Labute approximate surface area is 203 Å². The fourth-order valence-electron chi connectivity index (χ4n) is 3.00. The Morgan fingerprint density at radius 3 is 2.25 bits per heavy atom. The van der Waals surface area contributed by atoms with Gasteiger partial charge in [-0.2, -0.15) is 0 Å². The molecule has 0 radical (unpaired) electrons. The first-order chi connectivity index (χ1) is 15.1. The monoisotopic (exact) mass is 582 g/mol. The van der Waals surface area contributed by atoms with Gasteiger partial charge in [0.15, 0.2) is 5.75 Å². The molecule has 168 valence electrons. The van der Waals surface area contributed by atoms with E-state index < -0.39 is 19.8 Å². The van der Waals surface area contributed by atoms with Crippen LogP contribution >= 0.6 is 40.3 Å². The van der Waals surface area contributed by atoms with E-state index in [0.29, 0.717) is 43.6 Å². The van der Waals surface area contributed by atoms with Gasteiger partial charge in [0.1, 0.15) is 16.8 Å². The standard InChI is InChI=1S/C23H21Br2O6P/c1-23(28,32-29)16-11-18(24)21(19(25)12-16)31-17-7-8-20(26)15(10-17)9-13-3-5-14(6-4-13)22(27)30-2/h3-8,10-12,26,28H,9,32H2,1-2H3. The molecule has 0 aliphatic rings. The second-order valence-corrected chi connectivity index (χ2v) is 10.4. The Balaban J connectivity index is 1.85. The number of aliphatic hydroxyl groups is 1. The van der Waals surface area contributed by atoms with E-state index in [0.717, 1.165) is 5.56 Å². The minimum Gasteiger partial charge on any atom is -0.508 e. The number of hydrogen-bond donors (Lipinski definition) is 2. The first-order valence-electron chi connectivity index (χ1n) is 9.50. The molecule has 0 spiro atoms. The van der Waals surface area contributed by atoms with Gasteiger partial charge >= 0.3 is 5.97 Å². The molecule has 0 heterocycles. The van der Waals surface area contributed by atoms with Crippen LogP contribution in [-0.4, -0.2) is 23.3 Å². The number of benzene rings is 3. The molecule has 0 saturated carbocycles. The lowest BCUT2D eigenvalue weighted by Gasteiger charge is -2.19. The maximum absolute atomic E-state index is 11.6. The number of hydrogen-bond acceptors (Lipinski definition) is 6. The molecule has 9 heteroatoms. The second-order valence-electron chi connectivity index (χ2n) is 7.29. The summed E-state index contributed by atoms with van der Waals surface area (Å²) in [7, 11) is -0.0996. The minimum atomic E-state index is -1.43. The van der Waals surface area contributed by atoms with Gasteiger partial charge < -0.3 is 24.3 Å². The molecule has 3 aromatic rings. The van der Waals surface area contributed by atoms with Crippen molar-refractivity contribution in [3.63, 3.8) is 0 Å². The fraction of sp³-hybridized carbons (Fsp3) is 0.174. The van der Waals surface area contributed by atoms with E-state index >= 15 is 0 Å². The lowest BCUT2D eigenvalue weighted by Crippen LogP contribution is -2.12. The Morgan fingerprint density at radius 2 is 1.69 bits per heavy atom. The average Bonchev–Trinajstić information content (AvgIpc) is 2.78. The number of phenolic OH excluding ortho intramolecular Hbond substituents is 1. The van der Waals surface area contributed by atoms with Crippen molar-refractivity contribution >= 4 is 46.3 Å². The largest absolute Gasteiger partial charge is 0.508 e. The zero-order valence-corrected chi connectivity index (χ0v) is 21.6. The van der Waals surface area contributed by atoms with Gasteiger partial charge in [-0.3, -0.25) is 0 Å². The summed E-state index contributed by atoms with van der Waals surface area (Å²) in [5.41, 5.74) is 2.50. The predicted octanol–water partition coefficient (Wildman–Crippen LogP) is 6.01. The summed E-state index contributed by atoms with van der Waals surface area (Å²) in [5.74, 6) is 0.691. The molecule has 3 rings (SSSR count). The summed E-state index contributed by atoms with van der Waals surface area (Å²) in [6.45, 7) is 1.49. The van der Waals surface area contributed by atoms with Crippen LogP contribution in [-0.2, 0) is 21.1 Å². The third kappa shape index (κ3) is 5.62. The Kier molecular flexibility index (Phi) is 7.83. The van der Waals surface area contributed by atoms with Gasteiger partial charge in [-0.1, -0.05) is 12.1 Å². The van der Waals surface area contributed by atoms with Crippen molar-refractivity contribution in [3.8, 4) is 17.2 Å². The van der Waals surface area contributed by atoms with Crippen LogP contribution in [0.15, 0.2) is 63.5 Å². The highest BCUT2D eigenvalue weighted by Gasteiger charge is 2.24. The number of carbonyl (C=O) groups is 1. The summed E-state index contributed by atoms with van der Waals surface area (Å²) in [4.78, 5) is 11.6. The highest BCUT2D eigenvalue weighted by atomic mass is 79.9. The molecule has 0 amide bonds. The van der Waals surface area contributed by atoms with Crippen molar-refractivity contribution in [2.75, 3.05) is 7.11 Å². The van der Waals surface area contributed by atoms with Gasteiger partial charge in [0.2, 0.25) is 0 Å². The molecule has 3 aromatic carbocycles. The van der Waals surface area contributed by atoms with Crippen LogP contribution in [0, 0.1) is 0 Å². The lowest BCUT2D eigenvalue weighted by molar-refractivity contribution is 0.0600. The molecular formula is C23H21Br2O6P. The van der Waals surface area contributed by atoms with Crippen molar-refractivity contribution in [2.24, 2.45) is 0 Å². The zero-order chi connectivity index (χ0) is 23.5. The SMILES string of the molecule is COC(=O)c1ccc(Cc2cc(Oc3c(Br)cc(C(C)(O)[PH2]=O)cc3Br)ccc2O)cc1. The van der Waals surface area contributed by atoms with Crippen LogP contribution in [0.5, 0.6) is 17.2 Å². The summed E-state index contributed by atoms with van der Waals surface area (Å²) >= 11 is 6.88. The molecule has 2 atom stereocenters. The maximum Gasteiger partial charge on any atom is 0.337 e. The maximum atomic E-state index is 11.6. The van der Waals surface area contributed by atoms with E-state index in [-0.39, 0.29) is 5.75 Å². The van der Waals surface area contributed by atoms with Crippen LogP contribution in [0.4, 0.5) is 0 Å². The second kappa shape index (κ2) is 10.2. The molecule has 6 nitrogen and oxygen atoms in total. The minimum absolute atomic E-state index is 0.123. The smallest absolute Gasteiger partial charge is 0.337 e. The van der Waals surface area contributed by atoms with Gasteiger partial charge in [-0.05, 0) is 92.4 Å². The van der Waals surface area contributed by atoms with Crippen LogP contribution in [0.3, 0.4) is 0 Å². The van der Waals surface area contributed by atoms with E-state index in [1.807, 2.05) is 0 Å². The van der Waals surface area contributed by atoms with Gasteiger partial charge in [-0.15, -0.1) is 0 Å². The normalized spacial score (nSPS) is 13.2. The van der Waals surface area contributed by atoms with Gasteiger partial charge in [-0.25, -0.2) is 4.79 Å². The molecule has 2 N–H and O–H groups in total. The van der Waals surface area contributed by atoms with Crippen molar-refractivity contribution in [3.05, 3.63) is 85.8 Å². The van der Waals surface area contributed by atoms with Crippen molar-refractivity contribution in [2.45, 2.75) is 18.7 Å². The highest BCUT2D eigenvalue weighted by molar-refractivity contribution is 9.11. The van der Waals surface area contributed by atoms with E-state index in [1.54, 1.807) is 54.6 Å². The van der Waals surface area contributed by atoms with Crippen LogP contribution in [0.2, 0.25) is 0 Å². The topological polar surface area (TPSA) is 93.1 Å². The van der Waals surface area contributed by atoms with Crippen LogP contribution in [0.25, 0.3) is 0 Å². The molecule has 32 heavy (non-hydrogen) atoms. The summed E-state index contributed by atoms with van der Waals surface area (Å²) in [6.07, 6.45) is 0.431. The molecule has 0 saturated heterocycles. The van der Waals surface area contributed by atoms with Gasteiger partial charge in [0.05, 0.1) is 30.1 Å². The Bertz CT molecular complexity index is 1140. The number of aromatic hydroxyl groups is 1. The van der Waals surface area contributed by atoms with Crippen LogP contribution < -0.4 is 4.74 Å². The fourth-order valence-corrected chi connectivity index (χ4v) is 4.65. The highest BCUT2D eigenvalue weighted by Crippen LogP contribution is 2.43. The predicted molar refractivity (Wildman–Crippen MR) is 131 cm³/mol. The molecular weight excluding hydrogens is 563 g/mol. The number of carbonyl (C=O) groups excluding carboxylic acids is 1. The lowest BCUT2D eigenvalue weighted by atomic mass is 10.0. The van der Waals surface area contributed by atoms with Gasteiger partial charge in [0.25, 0.3) is 0 Å². The molecule has 0 aliphatic carbocycles. The molecule has 0 aromatic heterocycles. The van der Waals surface area contributed by atoms with E-state index in [9.17, 15) is 19.6 Å². The summed E-state index contributed by atoms with van der Waals surface area (Å²) in [5, 5.41) is 19.2. The zero-order valence-electron chi connectivity index (χ0n) is 17.3. The number of esters is 1. The molecule has 0 fully saturated rings. The van der Waals surface area contributed by atoms with E-state index in [2.05, 4.69) is 31.9 Å². The Hall–Kier alpha value is -2.12. The first kappa shape index (κ1) is 24.5. The molecule has 2 unspecified atom stereocenters. The molecule has 0 aliphatic heterocycles. The average molecular weight is 584 g/mol. The van der Waals surface area contributed by atoms with Crippen molar-refractivity contribution < 1.29 is 29.0 Å². The van der Waals surface area contributed by atoms with Gasteiger partial charge in [0, 0.05) is 12.0 Å². The third-order valence-corrected chi connectivity index (χ3v) is 6.82. The summed E-state index contributed by atoms with van der Waals surface area (Å²) in [6, 6.07) is 15.2. The third-order valence-electron chi connectivity index (χ3n) is 4.85. The van der Waals surface area contributed by atoms with Crippen molar-refractivity contribution in [1.29, 1.82) is 0 Å². The Morgan fingerprint density at radius 1 is 1.06 bits per heavy atom. The quantitative estimate of drug-likeness (QED) is 0.261. The van der Waals surface area contributed by atoms with E-state index in [4.69, 9.17) is 9.47 Å². The number of rotatable bonds is 7. The first-order valence-corrected chi connectivity index (χ1v) is 12.1. The summed E-state index contributed by atoms with van der Waals surface area (Å²) < 4.78 is 23.2. The molecule has 0 bridgehead atoms. The number of phenols is 1. The number of methoxy groups -OCH3 is 1. The number of ether oxygens (including phenoxy) is 2. The van der Waals surface area contributed by atoms with E-state index in [1.165, 1.54) is 14.0 Å².